The van der Waals surface area contributed by atoms with Crippen molar-refractivity contribution in [2.75, 3.05) is 6.54 Å². The Bertz CT molecular complexity index is 742. The minimum atomic E-state index is 0.314. The van der Waals surface area contributed by atoms with Crippen LogP contribution >= 0.6 is 0 Å². The Morgan fingerprint density at radius 1 is 1.00 bits per heavy atom. The Morgan fingerprint density at radius 3 is 2.59 bits per heavy atom. The molecule has 2 N–H and O–H groups in total. The van der Waals surface area contributed by atoms with Crippen LogP contribution in [-0.4, -0.2) is 26.7 Å². The van der Waals surface area contributed by atoms with Crippen molar-refractivity contribution in [2.24, 2.45) is 0 Å². The standard InChI is InChI=1S/C17H17N5/c1-2-10-18-14(4-1)12-6-8-13(9-7-12)16-20-17(22-21-16)15-5-3-11-19-15/h1-2,4,6-10,15,19H,3,5,11H2,(H,20,21,22). The summed E-state index contributed by atoms with van der Waals surface area (Å²) in [5.41, 5.74) is 3.08. The fraction of sp³-hybridized carbons (Fsp3) is 0.235. The molecule has 3 aromatic rings. The third-order valence-electron chi connectivity index (χ3n) is 4.00. The fourth-order valence-corrected chi connectivity index (χ4v) is 2.80. The van der Waals surface area contributed by atoms with Crippen LogP contribution in [0.15, 0.2) is 48.7 Å². The Morgan fingerprint density at radius 2 is 1.86 bits per heavy atom. The van der Waals surface area contributed by atoms with Crippen molar-refractivity contribution in [3.8, 4) is 22.6 Å². The first-order chi connectivity index (χ1) is 10.9. The van der Waals surface area contributed by atoms with Crippen molar-refractivity contribution in [3.05, 3.63) is 54.5 Å². The summed E-state index contributed by atoms with van der Waals surface area (Å²) in [4.78, 5) is 8.98. The molecule has 110 valence electrons. The van der Waals surface area contributed by atoms with Gasteiger partial charge in [-0.25, -0.2) is 4.98 Å². The summed E-state index contributed by atoms with van der Waals surface area (Å²) in [6, 6.07) is 14.4. The molecule has 3 heterocycles. The van der Waals surface area contributed by atoms with Crippen LogP contribution in [0.2, 0.25) is 0 Å². The fourth-order valence-electron chi connectivity index (χ4n) is 2.80. The van der Waals surface area contributed by atoms with Crippen molar-refractivity contribution < 1.29 is 0 Å². The molecule has 0 radical (unpaired) electrons. The van der Waals surface area contributed by atoms with Crippen molar-refractivity contribution >= 4 is 0 Å². The van der Waals surface area contributed by atoms with E-state index in [2.05, 4.69) is 37.6 Å². The Hall–Kier alpha value is -2.53. The number of pyridine rings is 1. The summed E-state index contributed by atoms with van der Waals surface area (Å²) in [6.45, 7) is 1.06. The summed E-state index contributed by atoms with van der Waals surface area (Å²) < 4.78 is 0. The van der Waals surface area contributed by atoms with E-state index in [1.165, 1.54) is 6.42 Å². The monoisotopic (exact) mass is 291 g/mol. The number of benzene rings is 1. The van der Waals surface area contributed by atoms with Gasteiger partial charge in [0.15, 0.2) is 5.82 Å². The van der Waals surface area contributed by atoms with Crippen molar-refractivity contribution in [1.82, 2.24) is 25.5 Å². The van der Waals surface area contributed by atoms with Gasteiger partial charge in [-0.05, 0) is 31.5 Å². The first-order valence-electron chi connectivity index (χ1n) is 7.58. The van der Waals surface area contributed by atoms with Crippen LogP contribution in [0.25, 0.3) is 22.6 Å². The molecule has 0 amide bonds. The molecule has 1 atom stereocenters. The van der Waals surface area contributed by atoms with Gasteiger partial charge in [-0.3, -0.25) is 10.1 Å². The summed E-state index contributed by atoms with van der Waals surface area (Å²) >= 11 is 0. The molecule has 0 aliphatic carbocycles. The van der Waals surface area contributed by atoms with Gasteiger partial charge in [0.1, 0.15) is 5.82 Å². The predicted molar refractivity (Wildman–Crippen MR) is 85.0 cm³/mol. The van der Waals surface area contributed by atoms with Gasteiger partial charge in [0, 0.05) is 17.3 Å². The quantitative estimate of drug-likeness (QED) is 0.778. The highest BCUT2D eigenvalue weighted by molar-refractivity contribution is 5.64. The molecule has 1 fully saturated rings. The second-order valence-electron chi connectivity index (χ2n) is 5.49. The van der Waals surface area contributed by atoms with Crippen LogP contribution in [-0.2, 0) is 0 Å². The Labute approximate surface area is 128 Å². The van der Waals surface area contributed by atoms with E-state index in [1.807, 2.05) is 30.3 Å². The maximum Gasteiger partial charge on any atom is 0.181 e. The van der Waals surface area contributed by atoms with Crippen LogP contribution in [0.5, 0.6) is 0 Å². The summed E-state index contributed by atoms with van der Waals surface area (Å²) in [5, 5.41) is 10.8. The normalized spacial score (nSPS) is 17.7. The molecule has 1 unspecified atom stereocenters. The number of H-pyrrole nitrogens is 1. The topological polar surface area (TPSA) is 66.5 Å². The molecule has 0 spiro atoms. The molecule has 1 aromatic carbocycles. The van der Waals surface area contributed by atoms with Crippen LogP contribution in [0.3, 0.4) is 0 Å². The van der Waals surface area contributed by atoms with E-state index < -0.39 is 0 Å². The van der Waals surface area contributed by atoms with Gasteiger partial charge in [-0.2, -0.15) is 5.10 Å². The molecular weight excluding hydrogens is 274 g/mol. The molecule has 5 nitrogen and oxygen atoms in total. The van der Waals surface area contributed by atoms with Gasteiger partial charge in [0.2, 0.25) is 0 Å². The van der Waals surface area contributed by atoms with Crippen LogP contribution in [0.1, 0.15) is 24.7 Å². The van der Waals surface area contributed by atoms with E-state index >= 15 is 0 Å². The maximum absolute atomic E-state index is 4.62. The zero-order valence-corrected chi connectivity index (χ0v) is 12.2. The highest BCUT2D eigenvalue weighted by atomic mass is 15.2. The maximum atomic E-state index is 4.62. The zero-order valence-electron chi connectivity index (χ0n) is 12.2. The lowest BCUT2D eigenvalue weighted by atomic mass is 10.1. The van der Waals surface area contributed by atoms with E-state index in [0.717, 1.165) is 41.4 Å². The molecule has 4 rings (SSSR count). The van der Waals surface area contributed by atoms with E-state index in [1.54, 1.807) is 6.20 Å². The average Bonchev–Trinajstić information content (AvgIpc) is 3.27. The van der Waals surface area contributed by atoms with Crippen molar-refractivity contribution in [2.45, 2.75) is 18.9 Å². The SMILES string of the molecule is c1ccc(-c2ccc(-c3n[nH]c(C4CCCN4)n3)cc2)nc1. The van der Waals surface area contributed by atoms with Gasteiger partial charge in [-0.15, -0.1) is 0 Å². The molecular formula is C17H17N5. The Balaban J connectivity index is 1.58. The predicted octanol–water partition coefficient (Wildman–Crippen LogP) is 2.96. The molecule has 1 saturated heterocycles. The molecule has 5 heteroatoms. The first kappa shape index (κ1) is 13.2. The van der Waals surface area contributed by atoms with Gasteiger partial charge >= 0.3 is 0 Å². The minimum Gasteiger partial charge on any atom is -0.307 e. The van der Waals surface area contributed by atoms with Crippen LogP contribution < -0.4 is 5.32 Å². The van der Waals surface area contributed by atoms with E-state index in [9.17, 15) is 0 Å². The first-order valence-corrected chi connectivity index (χ1v) is 7.58. The third kappa shape index (κ3) is 2.51. The van der Waals surface area contributed by atoms with Crippen LogP contribution in [0, 0.1) is 0 Å². The van der Waals surface area contributed by atoms with E-state index in [0.29, 0.717) is 6.04 Å². The molecule has 2 aromatic heterocycles. The largest absolute Gasteiger partial charge is 0.307 e. The smallest absolute Gasteiger partial charge is 0.181 e. The lowest BCUT2D eigenvalue weighted by molar-refractivity contribution is 0.608. The number of aromatic amines is 1. The number of nitrogens with zero attached hydrogens (tertiary/aromatic N) is 3. The van der Waals surface area contributed by atoms with E-state index in [-0.39, 0.29) is 0 Å². The summed E-state index contributed by atoms with van der Waals surface area (Å²) in [5.74, 6) is 1.68. The molecule has 0 bridgehead atoms. The molecule has 22 heavy (non-hydrogen) atoms. The number of nitrogens with one attached hydrogen (secondary N) is 2. The lowest BCUT2D eigenvalue weighted by Gasteiger charge is -2.04. The second-order valence-corrected chi connectivity index (χ2v) is 5.49. The van der Waals surface area contributed by atoms with E-state index in [4.69, 9.17) is 0 Å². The van der Waals surface area contributed by atoms with Gasteiger partial charge < -0.3 is 5.32 Å². The van der Waals surface area contributed by atoms with Gasteiger partial charge in [-0.1, -0.05) is 30.3 Å². The summed E-state index contributed by atoms with van der Waals surface area (Å²) in [6.07, 6.45) is 4.12. The minimum absolute atomic E-state index is 0.314. The summed E-state index contributed by atoms with van der Waals surface area (Å²) in [7, 11) is 0. The van der Waals surface area contributed by atoms with Crippen molar-refractivity contribution in [1.29, 1.82) is 0 Å². The highest BCUT2D eigenvalue weighted by Gasteiger charge is 2.20. The third-order valence-corrected chi connectivity index (χ3v) is 4.00. The average molecular weight is 291 g/mol. The van der Waals surface area contributed by atoms with Crippen LogP contribution in [0.4, 0.5) is 0 Å². The molecule has 1 aliphatic heterocycles. The number of rotatable bonds is 3. The number of hydrogen-bond acceptors (Lipinski definition) is 4. The lowest BCUT2D eigenvalue weighted by Crippen LogP contribution is -2.14. The zero-order chi connectivity index (χ0) is 14.8. The molecule has 0 saturated carbocycles. The highest BCUT2D eigenvalue weighted by Crippen LogP contribution is 2.24. The Kier molecular flexibility index (Phi) is 3.40. The van der Waals surface area contributed by atoms with Crippen molar-refractivity contribution in [3.63, 3.8) is 0 Å². The number of hydrogen-bond donors (Lipinski definition) is 2. The van der Waals surface area contributed by atoms with Gasteiger partial charge in [0.25, 0.3) is 0 Å². The molecule has 1 aliphatic rings. The van der Waals surface area contributed by atoms with Gasteiger partial charge in [0.05, 0.1) is 11.7 Å². The number of aromatic nitrogens is 4. The second kappa shape index (κ2) is 5.69.